The second-order valence-electron chi connectivity index (χ2n) is 6.64. The van der Waals surface area contributed by atoms with E-state index in [2.05, 4.69) is 40.1 Å². The Balaban J connectivity index is 1.60. The molecule has 2 heterocycles. The molecule has 116 valence electrons. The van der Waals surface area contributed by atoms with Gasteiger partial charge >= 0.3 is 0 Å². The Kier molecular flexibility index (Phi) is 5.28. The Labute approximate surface area is 129 Å². The van der Waals surface area contributed by atoms with Crippen molar-refractivity contribution >= 4 is 0 Å². The third-order valence-electron chi connectivity index (χ3n) is 5.14. The lowest BCUT2D eigenvalue weighted by molar-refractivity contribution is 0.0434. The topological polar surface area (TPSA) is 32.5 Å². The molecule has 0 radical (unpaired) electrons. The minimum Gasteiger partial charge on any atom is -0.329 e. The zero-order valence-corrected chi connectivity index (χ0v) is 13.1. The quantitative estimate of drug-likeness (QED) is 0.923. The van der Waals surface area contributed by atoms with E-state index in [1.54, 1.807) is 0 Å². The summed E-state index contributed by atoms with van der Waals surface area (Å²) in [5.74, 6) is 0. The average Bonchev–Trinajstić information content (AvgIpc) is 2.56. The molecule has 0 saturated carbocycles. The van der Waals surface area contributed by atoms with Crippen LogP contribution in [-0.4, -0.2) is 48.1 Å². The summed E-state index contributed by atoms with van der Waals surface area (Å²) in [4.78, 5) is 5.35. The lowest BCUT2D eigenvalue weighted by atomic mass is 9.95. The number of hydrogen-bond acceptors (Lipinski definition) is 3. The molecule has 2 saturated heterocycles. The summed E-state index contributed by atoms with van der Waals surface area (Å²) < 4.78 is 0. The molecule has 2 unspecified atom stereocenters. The van der Waals surface area contributed by atoms with Gasteiger partial charge in [-0.05, 0) is 44.3 Å². The van der Waals surface area contributed by atoms with E-state index in [4.69, 9.17) is 5.73 Å². The molecule has 0 spiro atoms. The summed E-state index contributed by atoms with van der Waals surface area (Å²) in [7, 11) is 0. The fourth-order valence-electron chi connectivity index (χ4n) is 4.04. The van der Waals surface area contributed by atoms with Gasteiger partial charge in [-0.3, -0.25) is 9.80 Å². The first-order valence-electron chi connectivity index (χ1n) is 8.59. The van der Waals surface area contributed by atoms with E-state index in [1.807, 2.05) is 0 Å². The van der Waals surface area contributed by atoms with Gasteiger partial charge in [0.1, 0.15) is 0 Å². The Morgan fingerprint density at radius 3 is 2.67 bits per heavy atom. The minimum atomic E-state index is 0.625. The van der Waals surface area contributed by atoms with E-state index >= 15 is 0 Å². The van der Waals surface area contributed by atoms with Gasteiger partial charge in [0.25, 0.3) is 0 Å². The standard InChI is InChI=1S/C18H29N3/c19-13-17-9-4-5-12-21(17)18-10-6-11-20(15-18)14-16-7-2-1-3-8-16/h1-3,7-8,17-18H,4-6,9-15,19H2. The zero-order valence-electron chi connectivity index (χ0n) is 13.1. The molecular weight excluding hydrogens is 258 g/mol. The van der Waals surface area contributed by atoms with E-state index in [1.165, 1.54) is 57.3 Å². The summed E-state index contributed by atoms with van der Waals surface area (Å²) in [6.45, 7) is 5.64. The van der Waals surface area contributed by atoms with Crippen molar-refractivity contribution in [3.63, 3.8) is 0 Å². The zero-order chi connectivity index (χ0) is 14.5. The maximum Gasteiger partial charge on any atom is 0.0234 e. The summed E-state index contributed by atoms with van der Waals surface area (Å²) >= 11 is 0. The van der Waals surface area contributed by atoms with Crippen LogP contribution in [0.1, 0.15) is 37.7 Å². The third-order valence-corrected chi connectivity index (χ3v) is 5.14. The van der Waals surface area contributed by atoms with Gasteiger partial charge in [-0.1, -0.05) is 36.8 Å². The third kappa shape index (κ3) is 3.85. The van der Waals surface area contributed by atoms with Gasteiger partial charge in [-0.2, -0.15) is 0 Å². The second kappa shape index (κ2) is 7.39. The lowest BCUT2D eigenvalue weighted by Crippen LogP contribution is -2.55. The largest absolute Gasteiger partial charge is 0.329 e. The van der Waals surface area contributed by atoms with Crippen molar-refractivity contribution < 1.29 is 0 Å². The van der Waals surface area contributed by atoms with Crippen LogP contribution in [-0.2, 0) is 6.54 Å². The summed E-state index contributed by atoms with van der Waals surface area (Å²) in [6.07, 6.45) is 6.68. The first-order chi connectivity index (χ1) is 10.4. The maximum absolute atomic E-state index is 6.00. The molecule has 0 aliphatic carbocycles. The minimum absolute atomic E-state index is 0.625. The van der Waals surface area contributed by atoms with Gasteiger partial charge in [0.15, 0.2) is 0 Å². The number of piperidine rings is 2. The molecule has 3 rings (SSSR count). The normalized spacial score (nSPS) is 28.6. The van der Waals surface area contributed by atoms with Gasteiger partial charge in [0, 0.05) is 31.7 Å². The number of likely N-dealkylation sites (tertiary alicyclic amines) is 2. The molecule has 21 heavy (non-hydrogen) atoms. The van der Waals surface area contributed by atoms with E-state index in [9.17, 15) is 0 Å². The molecule has 1 aromatic carbocycles. The van der Waals surface area contributed by atoms with Crippen molar-refractivity contribution in [1.29, 1.82) is 0 Å². The summed E-state index contributed by atoms with van der Waals surface area (Å²) in [6, 6.07) is 12.2. The van der Waals surface area contributed by atoms with E-state index in [0.717, 1.165) is 19.1 Å². The van der Waals surface area contributed by atoms with Crippen LogP contribution in [0.25, 0.3) is 0 Å². The second-order valence-corrected chi connectivity index (χ2v) is 6.64. The molecule has 0 bridgehead atoms. The van der Waals surface area contributed by atoms with Crippen molar-refractivity contribution in [3.05, 3.63) is 35.9 Å². The van der Waals surface area contributed by atoms with Crippen molar-refractivity contribution in [3.8, 4) is 0 Å². The Morgan fingerprint density at radius 2 is 1.86 bits per heavy atom. The van der Waals surface area contributed by atoms with Crippen LogP contribution in [0, 0.1) is 0 Å². The lowest BCUT2D eigenvalue weighted by Gasteiger charge is -2.45. The Hall–Kier alpha value is -0.900. The molecule has 3 heteroatoms. The van der Waals surface area contributed by atoms with Gasteiger partial charge in [-0.25, -0.2) is 0 Å². The van der Waals surface area contributed by atoms with Gasteiger partial charge in [0.05, 0.1) is 0 Å². The SMILES string of the molecule is NCC1CCCCN1C1CCCN(Cc2ccccc2)C1. The van der Waals surface area contributed by atoms with E-state index in [0.29, 0.717) is 6.04 Å². The van der Waals surface area contributed by atoms with E-state index < -0.39 is 0 Å². The molecular formula is C18H29N3. The van der Waals surface area contributed by atoms with Crippen molar-refractivity contribution in [1.82, 2.24) is 9.80 Å². The van der Waals surface area contributed by atoms with Crippen molar-refractivity contribution in [2.75, 3.05) is 26.2 Å². The predicted molar refractivity (Wildman–Crippen MR) is 88.1 cm³/mol. The Morgan fingerprint density at radius 1 is 1.00 bits per heavy atom. The molecule has 2 aliphatic rings. The van der Waals surface area contributed by atoms with Crippen molar-refractivity contribution in [2.24, 2.45) is 5.73 Å². The van der Waals surface area contributed by atoms with Crippen LogP contribution in [0.4, 0.5) is 0 Å². The highest BCUT2D eigenvalue weighted by Gasteiger charge is 2.31. The van der Waals surface area contributed by atoms with Crippen LogP contribution < -0.4 is 5.73 Å². The molecule has 0 amide bonds. The summed E-state index contributed by atoms with van der Waals surface area (Å²) in [5, 5.41) is 0. The van der Waals surface area contributed by atoms with Gasteiger partial charge in [0.2, 0.25) is 0 Å². The molecule has 3 nitrogen and oxygen atoms in total. The Bertz CT molecular complexity index is 420. The highest BCUT2D eigenvalue weighted by molar-refractivity contribution is 5.14. The van der Waals surface area contributed by atoms with Crippen LogP contribution in [0.2, 0.25) is 0 Å². The van der Waals surface area contributed by atoms with Gasteiger partial charge in [-0.15, -0.1) is 0 Å². The molecule has 2 N–H and O–H groups in total. The van der Waals surface area contributed by atoms with Crippen molar-refractivity contribution in [2.45, 2.75) is 50.7 Å². The highest BCUT2D eigenvalue weighted by atomic mass is 15.3. The number of rotatable bonds is 4. The molecule has 2 atom stereocenters. The number of nitrogens with two attached hydrogens (primary N) is 1. The first-order valence-corrected chi connectivity index (χ1v) is 8.59. The smallest absolute Gasteiger partial charge is 0.0234 e. The van der Waals surface area contributed by atoms with Crippen LogP contribution in [0.15, 0.2) is 30.3 Å². The van der Waals surface area contributed by atoms with Crippen LogP contribution >= 0.6 is 0 Å². The molecule has 0 aromatic heterocycles. The number of benzene rings is 1. The first kappa shape index (κ1) is 15.0. The van der Waals surface area contributed by atoms with Gasteiger partial charge < -0.3 is 5.73 Å². The number of nitrogens with zero attached hydrogens (tertiary/aromatic N) is 2. The van der Waals surface area contributed by atoms with Crippen LogP contribution in [0.3, 0.4) is 0 Å². The predicted octanol–water partition coefficient (Wildman–Crippen LogP) is 2.46. The number of hydrogen-bond donors (Lipinski definition) is 1. The maximum atomic E-state index is 6.00. The molecule has 2 fully saturated rings. The molecule has 1 aromatic rings. The van der Waals surface area contributed by atoms with Crippen LogP contribution in [0.5, 0.6) is 0 Å². The monoisotopic (exact) mass is 287 g/mol. The fourth-order valence-corrected chi connectivity index (χ4v) is 4.04. The van der Waals surface area contributed by atoms with E-state index in [-0.39, 0.29) is 0 Å². The fraction of sp³-hybridized carbons (Fsp3) is 0.667. The molecule has 2 aliphatic heterocycles. The average molecular weight is 287 g/mol. The summed E-state index contributed by atoms with van der Waals surface area (Å²) in [5.41, 5.74) is 7.44. The highest BCUT2D eigenvalue weighted by Crippen LogP contribution is 2.25.